The Bertz CT molecular complexity index is 835. The highest BCUT2D eigenvalue weighted by atomic mass is 35.5. The fourth-order valence-electron chi connectivity index (χ4n) is 2.80. The summed E-state index contributed by atoms with van der Waals surface area (Å²) in [6.45, 7) is 3.36. The lowest BCUT2D eigenvalue weighted by atomic mass is 10.2. The highest BCUT2D eigenvalue weighted by molar-refractivity contribution is 6.31. The Hall–Kier alpha value is -2.20. The van der Waals surface area contributed by atoms with Crippen LogP contribution in [0.4, 0.5) is 0 Å². The molecule has 3 rings (SSSR count). The van der Waals surface area contributed by atoms with Crippen LogP contribution in [0, 0.1) is 0 Å². The molecule has 3 aromatic rings. The lowest BCUT2D eigenvalue weighted by Crippen LogP contribution is -2.27. The Morgan fingerprint density at radius 2 is 2.08 bits per heavy atom. The van der Waals surface area contributed by atoms with E-state index in [-0.39, 0.29) is 5.91 Å². The lowest BCUT2D eigenvalue weighted by Gasteiger charge is -2.11. The van der Waals surface area contributed by atoms with Gasteiger partial charge in [0.05, 0.1) is 11.8 Å². The van der Waals surface area contributed by atoms with Gasteiger partial charge in [0.25, 0.3) is 5.91 Å². The molecule has 0 unspecified atom stereocenters. The van der Waals surface area contributed by atoms with E-state index in [0.29, 0.717) is 29.4 Å². The van der Waals surface area contributed by atoms with E-state index in [1.807, 2.05) is 34.9 Å². The molecule has 2 aromatic heterocycles. The number of nitrogens with zero attached hydrogens (tertiary/aromatic N) is 1. The molecule has 5 heteroatoms. The first-order valence-electron chi connectivity index (χ1n) is 8.29. The second kappa shape index (κ2) is 7.58. The Labute approximate surface area is 146 Å². The second-order valence-corrected chi connectivity index (χ2v) is 6.25. The zero-order valence-corrected chi connectivity index (χ0v) is 14.5. The molecule has 0 saturated carbocycles. The van der Waals surface area contributed by atoms with Crippen molar-refractivity contribution in [3.05, 3.63) is 58.9 Å². The average molecular weight is 345 g/mol. The summed E-state index contributed by atoms with van der Waals surface area (Å²) in [6.07, 6.45) is 4.87. The van der Waals surface area contributed by atoms with E-state index in [4.69, 9.17) is 16.0 Å². The number of aromatic nitrogens is 1. The minimum Gasteiger partial charge on any atom is -0.463 e. The number of hydrogen-bond acceptors (Lipinski definition) is 2. The number of benzene rings is 1. The van der Waals surface area contributed by atoms with Crippen LogP contribution in [0.2, 0.25) is 5.02 Å². The number of fused-ring (bicyclic) bond motifs is 1. The van der Waals surface area contributed by atoms with Crippen molar-refractivity contribution in [3.8, 4) is 0 Å². The third-order valence-corrected chi connectivity index (χ3v) is 4.48. The van der Waals surface area contributed by atoms with Crippen LogP contribution in [0.1, 0.15) is 42.2 Å². The fourth-order valence-corrected chi connectivity index (χ4v) is 3.00. The van der Waals surface area contributed by atoms with Gasteiger partial charge < -0.3 is 14.3 Å². The molecule has 4 nitrogen and oxygen atoms in total. The molecule has 0 atom stereocenters. The Balaban J connectivity index is 1.87. The van der Waals surface area contributed by atoms with Crippen molar-refractivity contribution in [3.63, 3.8) is 0 Å². The standard InChI is InChI=1S/C19H21ClN2O2/c1-2-3-6-10-21-19(23)17-12-18-16(9-11-24-18)22(17)13-14-7-4-5-8-15(14)20/h4-5,7-9,11-12H,2-3,6,10,13H2,1H3,(H,21,23). The number of hydrogen-bond donors (Lipinski definition) is 1. The molecule has 0 saturated heterocycles. The van der Waals surface area contributed by atoms with Gasteiger partial charge in [0.15, 0.2) is 5.58 Å². The third kappa shape index (κ3) is 3.49. The van der Waals surface area contributed by atoms with Crippen LogP contribution in [-0.4, -0.2) is 17.0 Å². The van der Waals surface area contributed by atoms with E-state index in [0.717, 1.165) is 30.3 Å². The maximum Gasteiger partial charge on any atom is 0.268 e. The summed E-state index contributed by atoms with van der Waals surface area (Å²) < 4.78 is 7.42. The SMILES string of the molecule is CCCCCNC(=O)c1cc2occc2n1Cc1ccccc1Cl. The molecule has 126 valence electrons. The fraction of sp³-hybridized carbons (Fsp3) is 0.316. The zero-order valence-electron chi connectivity index (χ0n) is 13.7. The van der Waals surface area contributed by atoms with Crippen molar-refractivity contribution in [1.29, 1.82) is 0 Å². The van der Waals surface area contributed by atoms with Gasteiger partial charge in [-0.05, 0) is 18.1 Å². The summed E-state index contributed by atoms with van der Waals surface area (Å²) in [5, 5.41) is 3.68. The van der Waals surface area contributed by atoms with Gasteiger partial charge >= 0.3 is 0 Å². The molecule has 1 aromatic carbocycles. The van der Waals surface area contributed by atoms with E-state index in [1.165, 1.54) is 0 Å². The summed E-state index contributed by atoms with van der Waals surface area (Å²) >= 11 is 6.28. The molecule has 0 spiro atoms. The van der Waals surface area contributed by atoms with Crippen molar-refractivity contribution < 1.29 is 9.21 Å². The largest absolute Gasteiger partial charge is 0.463 e. The van der Waals surface area contributed by atoms with Crippen molar-refractivity contribution >= 4 is 28.6 Å². The molecule has 0 aliphatic carbocycles. The van der Waals surface area contributed by atoms with Gasteiger partial charge in [-0.15, -0.1) is 0 Å². The molecule has 1 N–H and O–H groups in total. The average Bonchev–Trinajstić information content (AvgIpc) is 3.16. The van der Waals surface area contributed by atoms with Crippen LogP contribution in [0.15, 0.2) is 47.1 Å². The molecule has 0 bridgehead atoms. The van der Waals surface area contributed by atoms with Crippen LogP contribution >= 0.6 is 11.6 Å². The Morgan fingerprint density at radius 1 is 1.25 bits per heavy atom. The third-order valence-electron chi connectivity index (χ3n) is 4.11. The van der Waals surface area contributed by atoms with Crippen molar-refractivity contribution in [2.45, 2.75) is 32.7 Å². The number of halogens is 1. The van der Waals surface area contributed by atoms with Crippen LogP contribution in [0.3, 0.4) is 0 Å². The maximum atomic E-state index is 12.6. The summed E-state index contributed by atoms with van der Waals surface area (Å²) in [5.74, 6) is -0.0791. The number of furan rings is 1. The highest BCUT2D eigenvalue weighted by Gasteiger charge is 2.18. The first-order chi connectivity index (χ1) is 11.7. The quantitative estimate of drug-likeness (QED) is 0.622. The molecular weight excluding hydrogens is 324 g/mol. The van der Waals surface area contributed by atoms with Crippen molar-refractivity contribution in [1.82, 2.24) is 9.88 Å². The molecule has 0 aliphatic heterocycles. The Morgan fingerprint density at radius 3 is 2.88 bits per heavy atom. The summed E-state index contributed by atoms with van der Waals surface area (Å²) in [6, 6.07) is 11.3. The van der Waals surface area contributed by atoms with Crippen LogP contribution in [0.5, 0.6) is 0 Å². The van der Waals surface area contributed by atoms with Crippen LogP contribution in [0.25, 0.3) is 11.1 Å². The Kier molecular flexibility index (Phi) is 5.26. The molecule has 2 heterocycles. The van der Waals surface area contributed by atoms with Gasteiger partial charge in [-0.3, -0.25) is 4.79 Å². The number of unbranched alkanes of at least 4 members (excludes halogenated alkanes) is 2. The van der Waals surface area contributed by atoms with E-state index in [1.54, 1.807) is 12.3 Å². The van der Waals surface area contributed by atoms with E-state index < -0.39 is 0 Å². The minimum absolute atomic E-state index is 0.0791. The van der Waals surface area contributed by atoms with E-state index in [9.17, 15) is 4.79 Å². The van der Waals surface area contributed by atoms with Gasteiger partial charge in [-0.25, -0.2) is 0 Å². The normalized spacial score (nSPS) is 11.1. The maximum absolute atomic E-state index is 12.6. The van der Waals surface area contributed by atoms with Gasteiger partial charge in [-0.1, -0.05) is 49.6 Å². The predicted molar refractivity (Wildman–Crippen MR) is 96.6 cm³/mol. The zero-order chi connectivity index (χ0) is 16.9. The molecule has 24 heavy (non-hydrogen) atoms. The lowest BCUT2D eigenvalue weighted by molar-refractivity contribution is 0.0944. The summed E-state index contributed by atoms with van der Waals surface area (Å²) in [7, 11) is 0. The number of carbonyl (C=O) groups excluding carboxylic acids is 1. The topological polar surface area (TPSA) is 47.2 Å². The number of carbonyl (C=O) groups is 1. The monoisotopic (exact) mass is 344 g/mol. The minimum atomic E-state index is -0.0791. The smallest absolute Gasteiger partial charge is 0.268 e. The van der Waals surface area contributed by atoms with Crippen LogP contribution in [-0.2, 0) is 6.54 Å². The van der Waals surface area contributed by atoms with E-state index >= 15 is 0 Å². The van der Waals surface area contributed by atoms with Crippen LogP contribution < -0.4 is 5.32 Å². The van der Waals surface area contributed by atoms with Crippen molar-refractivity contribution in [2.75, 3.05) is 6.54 Å². The summed E-state index contributed by atoms with van der Waals surface area (Å²) in [5.41, 5.74) is 3.17. The van der Waals surface area contributed by atoms with Gasteiger partial charge in [-0.2, -0.15) is 0 Å². The molecule has 1 amide bonds. The molecular formula is C19H21ClN2O2. The number of nitrogens with one attached hydrogen (secondary N) is 1. The number of amides is 1. The number of rotatable bonds is 7. The first-order valence-corrected chi connectivity index (χ1v) is 8.67. The van der Waals surface area contributed by atoms with Crippen molar-refractivity contribution in [2.24, 2.45) is 0 Å². The predicted octanol–water partition coefficient (Wildman–Crippen LogP) is 4.86. The van der Waals surface area contributed by atoms with E-state index in [2.05, 4.69) is 12.2 Å². The summed E-state index contributed by atoms with van der Waals surface area (Å²) in [4.78, 5) is 12.6. The second-order valence-electron chi connectivity index (χ2n) is 5.84. The molecule has 0 radical (unpaired) electrons. The van der Waals surface area contributed by atoms with Gasteiger partial charge in [0.1, 0.15) is 5.69 Å². The van der Waals surface area contributed by atoms with Gasteiger partial charge in [0.2, 0.25) is 0 Å². The van der Waals surface area contributed by atoms with Gasteiger partial charge in [0, 0.05) is 30.2 Å². The molecule has 0 aliphatic rings. The molecule has 0 fully saturated rings. The highest BCUT2D eigenvalue weighted by Crippen LogP contribution is 2.24. The first kappa shape index (κ1) is 16.7.